The maximum absolute atomic E-state index is 9.45. The van der Waals surface area contributed by atoms with Gasteiger partial charge in [0.1, 0.15) is 0 Å². The van der Waals surface area contributed by atoms with Gasteiger partial charge in [0.2, 0.25) is 0 Å². The molecular weight excluding hydrogens is 214 g/mol. The highest BCUT2D eigenvalue weighted by molar-refractivity contribution is 4.92. The van der Waals surface area contributed by atoms with Gasteiger partial charge in [0.15, 0.2) is 0 Å². The van der Waals surface area contributed by atoms with Gasteiger partial charge in [-0.2, -0.15) is 0 Å². The molecule has 1 atom stereocenters. The molecule has 2 aliphatic carbocycles. The van der Waals surface area contributed by atoms with Crippen LogP contribution in [0.15, 0.2) is 0 Å². The zero-order valence-corrected chi connectivity index (χ0v) is 11.1. The van der Waals surface area contributed by atoms with Crippen LogP contribution in [0.5, 0.6) is 0 Å². The number of aliphatic hydroxyl groups excluding tert-OH is 1. The molecule has 17 heavy (non-hydrogen) atoms. The summed E-state index contributed by atoms with van der Waals surface area (Å²) in [7, 11) is 0. The molecule has 3 heteroatoms. The number of aliphatic hydroxyl groups is 1. The lowest BCUT2D eigenvalue weighted by Gasteiger charge is -2.29. The van der Waals surface area contributed by atoms with E-state index in [1.54, 1.807) is 0 Å². The number of hydrogen-bond donors (Lipinski definition) is 2. The molecule has 2 saturated carbocycles. The molecule has 0 amide bonds. The summed E-state index contributed by atoms with van der Waals surface area (Å²) in [6.07, 6.45) is 8.89. The fourth-order valence-corrected chi connectivity index (χ4v) is 2.64. The highest BCUT2D eigenvalue weighted by Crippen LogP contribution is 2.26. The zero-order valence-electron chi connectivity index (χ0n) is 11.1. The van der Waals surface area contributed by atoms with Crippen molar-refractivity contribution in [2.24, 2.45) is 5.92 Å². The van der Waals surface area contributed by atoms with E-state index in [1.807, 2.05) is 0 Å². The van der Waals surface area contributed by atoms with E-state index in [2.05, 4.69) is 12.2 Å². The summed E-state index contributed by atoms with van der Waals surface area (Å²) >= 11 is 0. The van der Waals surface area contributed by atoms with Crippen LogP contribution in [0.4, 0.5) is 0 Å². The summed E-state index contributed by atoms with van der Waals surface area (Å²) in [4.78, 5) is 0. The summed E-state index contributed by atoms with van der Waals surface area (Å²) in [6, 6.07) is 0.641. The van der Waals surface area contributed by atoms with Gasteiger partial charge >= 0.3 is 0 Å². The molecular formula is C14H27NO2. The van der Waals surface area contributed by atoms with Crippen molar-refractivity contribution < 1.29 is 9.84 Å². The van der Waals surface area contributed by atoms with E-state index in [-0.39, 0.29) is 12.1 Å². The SMILES string of the molecule is CC(CO)(CCOCC1CCCC1)NC1CC1. The minimum absolute atomic E-state index is 0.142. The van der Waals surface area contributed by atoms with Gasteiger partial charge in [-0.25, -0.2) is 0 Å². The van der Waals surface area contributed by atoms with Gasteiger partial charge in [0, 0.05) is 24.8 Å². The molecule has 2 fully saturated rings. The molecule has 0 radical (unpaired) electrons. The van der Waals surface area contributed by atoms with Crippen molar-refractivity contribution in [2.45, 2.75) is 63.5 Å². The highest BCUT2D eigenvalue weighted by atomic mass is 16.5. The Hall–Kier alpha value is -0.120. The van der Waals surface area contributed by atoms with Crippen LogP contribution in [0, 0.1) is 5.92 Å². The minimum Gasteiger partial charge on any atom is -0.394 e. The van der Waals surface area contributed by atoms with Gasteiger partial charge in [-0.05, 0) is 44.9 Å². The second kappa shape index (κ2) is 6.17. The molecule has 0 aromatic rings. The molecule has 0 saturated heterocycles. The van der Waals surface area contributed by atoms with Gasteiger partial charge in [-0.3, -0.25) is 0 Å². The van der Waals surface area contributed by atoms with E-state index >= 15 is 0 Å². The van der Waals surface area contributed by atoms with E-state index in [1.165, 1.54) is 38.5 Å². The van der Waals surface area contributed by atoms with Gasteiger partial charge in [0.05, 0.1) is 6.61 Å². The zero-order chi connectivity index (χ0) is 12.1. The van der Waals surface area contributed by atoms with Crippen LogP contribution in [-0.4, -0.2) is 36.5 Å². The smallest absolute Gasteiger partial charge is 0.0611 e. The van der Waals surface area contributed by atoms with Crippen molar-refractivity contribution in [3.05, 3.63) is 0 Å². The van der Waals surface area contributed by atoms with E-state index < -0.39 is 0 Å². The topological polar surface area (TPSA) is 41.5 Å². The Morgan fingerprint density at radius 1 is 1.24 bits per heavy atom. The molecule has 0 aromatic heterocycles. The summed E-state index contributed by atoms with van der Waals surface area (Å²) in [6.45, 7) is 4.00. The van der Waals surface area contributed by atoms with E-state index in [0.29, 0.717) is 6.04 Å². The Balaban J connectivity index is 1.58. The van der Waals surface area contributed by atoms with Crippen LogP contribution in [0.25, 0.3) is 0 Å². The summed E-state index contributed by atoms with van der Waals surface area (Å²) in [5.74, 6) is 0.798. The Labute approximate surface area is 105 Å². The van der Waals surface area contributed by atoms with Gasteiger partial charge < -0.3 is 15.2 Å². The second-order valence-corrected chi connectivity index (χ2v) is 6.11. The molecule has 0 aliphatic heterocycles. The van der Waals surface area contributed by atoms with Crippen LogP contribution in [0.3, 0.4) is 0 Å². The molecule has 100 valence electrons. The molecule has 0 heterocycles. The number of ether oxygens (including phenoxy) is 1. The van der Waals surface area contributed by atoms with Gasteiger partial charge in [0.25, 0.3) is 0 Å². The fraction of sp³-hybridized carbons (Fsp3) is 1.00. The van der Waals surface area contributed by atoms with Crippen molar-refractivity contribution >= 4 is 0 Å². The normalized spacial score (nSPS) is 25.1. The first kappa shape index (κ1) is 13.3. The Morgan fingerprint density at radius 3 is 2.53 bits per heavy atom. The largest absolute Gasteiger partial charge is 0.394 e. The monoisotopic (exact) mass is 241 g/mol. The average Bonchev–Trinajstić information content (AvgIpc) is 2.97. The van der Waals surface area contributed by atoms with Crippen LogP contribution in [-0.2, 0) is 4.74 Å². The van der Waals surface area contributed by atoms with Crippen LogP contribution < -0.4 is 5.32 Å². The number of rotatable bonds is 8. The summed E-state index contributed by atoms with van der Waals surface area (Å²) < 4.78 is 5.77. The predicted octanol–water partition coefficient (Wildman–Crippen LogP) is 2.09. The first-order chi connectivity index (χ1) is 8.22. The van der Waals surface area contributed by atoms with Crippen molar-refractivity contribution in [3.8, 4) is 0 Å². The lowest BCUT2D eigenvalue weighted by molar-refractivity contribution is 0.0672. The molecule has 2 N–H and O–H groups in total. The van der Waals surface area contributed by atoms with Gasteiger partial charge in [-0.15, -0.1) is 0 Å². The third kappa shape index (κ3) is 4.57. The third-order valence-corrected chi connectivity index (χ3v) is 4.11. The van der Waals surface area contributed by atoms with Crippen LogP contribution >= 0.6 is 0 Å². The molecule has 3 nitrogen and oxygen atoms in total. The van der Waals surface area contributed by atoms with E-state index in [4.69, 9.17) is 4.74 Å². The predicted molar refractivity (Wildman–Crippen MR) is 69.0 cm³/mol. The lowest BCUT2D eigenvalue weighted by Crippen LogP contribution is -2.47. The number of nitrogens with one attached hydrogen (secondary N) is 1. The van der Waals surface area contributed by atoms with Crippen molar-refractivity contribution in [3.63, 3.8) is 0 Å². The molecule has 0 bridgehead atoms. The molecule has 2 aliphatic rings. The van der Waals surface area contributed by atoms with Crippen molar-refractivity contribution in [2.75, 3.05) is 19.8 Å². The third-order valence-electron chi connectivity index (χ3n) is 4.11. The summed E-state index contributed by atoms with van der Waals surface area (Å²) in [5, 5.41) is 13.0. The molecule has 0 aromatic carbocycles. The van der Waals surface area contributed by atoms with E-state index in [9.17, 15) is 5.11 Å². The minimum atomic E-state index is -0.142. The lowest BCUT2D eigenvalue weighted by atomic mass is 9.99. The Kier molecular flexibility index (Phi) is 4.83. The fourth-order valence-electron chi connectivity index (χ4n) is 2.64. The summed E-state index contributed by atoms with van der Waals surface area (Å²) in [5.41, 5.74) is -0.142. The number of hydrogen-bond acceptors (Lipinski definition) is 3. The average molecular weight is 241 g/mol. The van der Waals surface area contributed by atoms with Crippen LogP contribution in [0.2, 0.25) is 0 Å². The van der Waals surface area contributed by atoms with Crippen molar-refractivity contribution in [1.29, 1.82) is 0 Å². The first-order valence-electron chi connectivity index (χ1n) is 7.18. The maximum Gasteiger partial charge on any atom is 0.0611 e. The Morgan fingerprint density at radius 2 is 1.94 bits per heavy atom. The highest BCUT2D eigenvalue weighted by Gasteiger charge is 2.31. The standard InChI is InChI=1S/C14H27NO2/c1-14(11-16,15-13-6-7-13)8-9-17-10-12-4-2-3-5-12/h12-13,15-16H,2-11H2,1H3. The molecule has 2 rings (SSSR count). The first-order valence-corrected chi connectivity index (χ1v) is 7.18. The second-order valence-electron chi connectivity index (χ2n) is 6.11. The maximum atomic E-state index is 9.45. The van der Waals surface area contributed by atoms with Crippen LogP contribution in [0.1, 0.15) is 51.9 Å². The van der Waals surface area contributed by atoms with E-state index in [0.717, 1.165) is 25.6 Å². The Bertz CT molecular complexity index is 224. The molecule has 1 unspecified atom stereocenters. The van der Waals surface area contributed by atoms with Crippen molar-refractivity contribution in [1.82, 2.24) is 5.32 Å². The quantitative estimate of drug-likeness (QED) is 0.639. The van der Waals surface area contributed by atoms with Gasteiger partial charge in [-0.1, -0.05) is 12.8 Å². The molecule has 0 spiro atoms.